The second kappa shape index (κ2) is 7.65. The second-order valence-corrected chi connectivity index (χ2v) is 6.70. The Labute approximate surface area is 155 Å². The van der Waals surface area contributed by atoms with Gasteiger partial charge in [0.1, 0.15) is 0 Å². The number of benzene rings is 1. The molecule has 0 N–H and O–H groups in total. The highest BCUT2D eigenvalue weighted by Crippen LogP contribution is 2.18. The normalized spacial score (nSPS) is 10.8. The second-order valence-electron chi connectivity index (χ2n) is 5.84. The molecule has 1 amide bonds. The molecule has 0 unspecified atom stereocenters. The first kappa shape index (κ1) is 17.4. The molecule has 2 heterocycles. The van der Waals surface area contributed by atoms with Crippen LogP contribution in [0.1, 0.15) is 28.5 Å². The van der Waals surface area contributed by atoms with Crippen LogP contribution in [0.2, 0.25) is 0 Å². The third-order valence-electron chi connectivity index (χ3n) is 3.92. The van der Waals surface area contributed by atoms with Gasteiger partial charge in [0.2, 0.25) is 0 Å². The molecule has 25 heavy (non-hydrogen) atoms. The van der Waals surface area contributed by atoms with Gasteiger partial charge in [0.25, 0.3) is 5.91 Å². The van der Waals surface area contributed by atoms with E-state index in [-0.39, 0.29) is 5.91 Å². The van der Waals surface area contributed by atoms with Gasteiger partial charge in [-0.05, 0) is 46.6 Å². The molecule has 0 atom stereocenters. The number of carbonyl (C=O) groups excluding carboxylic acids is 1. The lowest BCUT2D eigenvalue weighted by molar-refractivity contribution is 0.0782. The van der Waals surface area contributed by atoms with E-state index in [1.165, 1.54) is 0 Å². The van der Waals surface area contributed by atoms with Crippen molar-refractivity contribution in [2.45, 2.75) is 26.6 Å². The molecule has 0 aliphatic rings. The monoisotopic (exact) mass is 401 g/mol. The van der Waals surface area contributed by atoms with Gasteiger partial charge < -0.3 is 4.90 Å². The highest BCUT2D eigenvalue weighted by atomic mass is 79.9. The van der Waals surface area contributed by atoms with Crippen molar-refractivity contribution in [3.63, 3.8) is 0 Å². The van der Waals surface area contributed by atoms with E-state index < -0.39 is 0 Å². The molecule has 1 aromatic carbocycles. The average molecular weight is 402 g/mol. The zero-order chi connectivity index (χ0) is 17.8. The number of aryl methyl sites for hydroxylation is 1. The lowest BCUT2D eigenvalue weighted by Crippen LogP contribution is -2.26. The lowest BCUT2D eigenvalue weighted by Gasteiger charge is -2.17. The Balaban J connectivity index is 1.72. The van der Waals surface area contributed by atoms with E-state index in [4.69, 9.17) is 0 Å². The highest BCUT2D eigenvalue weighted by molar-refractivity contribution is 9.10. The number of hydrogen-bond donors (Lipinski definition) is 0. The van der Waals surface area contributed by atoms with E-state index >= 15 is 0 Å². The zero-order valence-corrected chi connectivity index (χ0v) is 15.8. The minimum Gasteiger partial charge on any atom is -0.336 e. The molecule has 0 aliphatic carbocycles. The molecule has 0 saturated heterocycles. The molecule has 7 heteroatoms. The SMILES string of the molecule is CCn1cc(Br)c(CN(C)C(=O)c2cccc(Cn3cccn3)c2)n1. The van der Waals surface area contributed by atoms with Crippen molar-refractivity contribution in [2.75, 3.05) is 7.05 Å². The summed E-state index contributed by atoms with van der Waals surface area (Å²) in [4.78, 5) is 14.4. The summed E-state index contributed by atoms with van der Waals surface area (Å²) in [5, 5.41) is 8.68. The fraction of sp³-hybridized carbons (Fsp3) is 0.278. The number of halogens is 1. The number of rotatable bonds is 6. The third kappa shape index (κ3) is 4.17. The van der Waals surface area contributed by atoms with Gasteiger partial charge in [-0.15, -0.1) is 0 Å². The predicted molar refractivity (Wildman–Crippen MR) is 99.2 cm³/mol. The summed E-state index contributed by atoms with van der Waals surface area (Å²) in [7, 11) is 1.79. The van der Waals surface area contributed by atoms with E-state index in [1.54, 1.807) is 18.1 Å². The number of aromatic nitrogens is 4. The van der Waals surface area contributed by atoms with Crippen LogP contribution < -0.4 is 0 Å². The van der Waals surface area contributed by atoms with Crippen LogP contribution in [-0.2, 0) is 19.6 Å². The fourth-order valence-corrected chi connectivity index (χ4v) is 3.05. The van der Waals surface area contributed by atoms with Crippen LogP contribution in [0.4, 0.5) is 0 Å². The first-order valence-electron chi connectivity index (χ1n) is 8.10. The van der Waals surface area contributed by atoms with Crippen LogP contribution in [-0.4, -0.2) is 37.4 Å². The summed E-state index contributed by atoms with van der Waals surface area (Å²) >= 11 is 3.51. The first-order valence-corrected chi connectivity index (χ1v) is 8.89. The summed E-state index contributed by atoms with van der Waals surface area (Å²) in [6.07, 6.45) is 5.58. The molecule has 0 radical (unpaired) electrons. The Kier molecular flexibility index (Phi) is 5.33. The van der Waals surface area contributed by atoms with Gasteiger partial charge in [0, 0.05) is 37.7 Å². The predicted octanol–water partition coefficient (Wildman–Crippen LogP) is 3.18. The van der Waals surface area contributed by atoms with E-state index in [9.17, 15) is 4.79 Å². The molecule has 0 bridgehead atoms. The average Bonchev–Trinajstić information content (AvgIpc) is 3.24. The summed E-state index contributed by atoms with van der Waals surface area (Å²) in [5.74, 6) is -0.0275. The quantitative estimate of drug-likeness (QED) is 0.637. The van der Waals surface area contributed by atoms with Crippen molar-refractivity contribution in [2.24, 2.45) is 0 Å². The summed E-state index contributed by atoms with van der Waals surface area (Å²) < 4.78 is 4.60. The number of hydrogen-bond acceptors (Lipinski definition) is 3. The Bertz CT molecular complexity index is 856. The fourth-order valence-electron chi connectivity index (χ4n) is 2.61. The largest absolute Gasteiger partial charge is 0.336 e. The summed E-state index contributed by atoms with van der Waals surface area (Å²) in [6.45, 7) is 3.93. The molecule has 3 rings (SSSR count). The Morgan fingerprint density at radius 3 is 2.80 bits per heavy atom. The van der Waals surface area contributed by atoms with Gasteiger partial charge >= 0.3 is 0 Å². The maximum atomic E-state index is 12.7. The van der Waals surface area contributed by atoms with Crippen LogP contribution >= 0.6 is 15.9 Å². The van der Waals surface area contributed by atoms with Crippen LogP contribution in [0, 0.1) is 0 Å². The minimum atomic E-state index is -0.0275. The van der Waals surface area contributed by atoms with Crippen molar-refractivity contribution in [1.82, 2.24) is 24.5 Å². The Morgan fingerprint density at radius 1 is 1.28 bits per heavy atom. The molecule has 0 saturated carbocycles. The summed E-state index contributed by atoms with van der Waals surface area (Å²) in [5.41, 5.74) is 2.56. The smallest absolute Gasteiger partial charge is 0.253 e. The molecular weight excluding hydrogens is 382 g/mol. The molecular formula is C18H20BrN5O. The van der Waals surface area contributed by atoms with E-state index in [0.717, 1.165) is 22.3 Å². The molecule has 130 valence electrons. The van der Waals surface area contributed by atoms with E-state index in [1.807, 2.05) is 59.0 Å². The van der Waals surface area contributed by atoms with Gasteiger partial charge in [0.05, 0.1) is 23.3 Å². The number of carbonyl (C=O) groups is 1. The zero-order valence-electron chi connectivity index (χ0n) is 14.3. The molecule has 2 aromatic heterocycles. The summed E-state index contributed by atoms with van der Waals surface area (Å²) in [6, 6.07) is 9.54. The van der Waals surface area contributed by atoms with Crippen LogP contribution in [0.3, 0.4) is 0 Å². The molecule has 0 fully saturated rings. The Morgan fingerprint density at radius 2 is 2.12 bits per heavy atom. The lowest BCUT2D eigenvalue weighted by atomic mass is 10.1. The number of amides is 1. The van der Waals surface area contributed by atoms with Gasteiger partial charge in [-0.3, -0.25) is 14.2 Å². The van der Waals surface area contributed by atoms with E-state index in [0.29, 0.717) is 18.7 Å². The third-order valence-corrected chi connectivity index (χ3v) is 4.58. The van der Waals surface area contributed by atoms with Gasteiger partial charge in [-0.25, -0.2) is 0 Å². The van der Waals surface area contributed by atoms with Crippen molar-refractivity contribution >= 4 is 21.8 Å². The topological polar surface area (TPSA) is 56.0 Å². The standard InChI is InChI=1S/C18H20BrN5O/c1-3-23-12-16(19)17(21-23)13-22(2)18(25)15-7-4-6-14(10-15)11-24-9-5-8-20-24/h4-10,12H,3,11,13H2,1-2H3. The maximum Gasteiger partial charge on any atom is 0.253 e. The highest BCUT2D eigenvalue weighted by Gasteiger charge is 2.16. The molecule has 0 aliphatic heterocycles. The van der Waals surface area contributed by atoms with Gasteiger partial charge in [-0.1, -0.05) is 12.1 Å². The van der Waals surface area contributed by atoms with Gasteiger partial charge in [-0.2, -0.15) is 10.2 Å². The first-order chi connectivity index (χ1) is 12.1. The number of nitrogens with zero attached hydrogens (tertiary/aromatic N) is 5. The van der Waals surface area contributed by atoms with Crippen LogP contribution in [0.25, 0.3) is 0 Å². The van der Waals surface area contributed by atoms with Crippen LogP contribution in [0.5, 0.6) is 0 Å². The molecule has 6 nitrogen and oxygen atoms in total. The van der Waals surface area contributed by atoms with Crippen molar-refractivity contribution < 1.29 is 4.79 Å². The van der Waals surface area contributed by atoms with Crippen molar-refractivity contribution in [3.8, 4) is 0 Å². The maximum absolute atomic E-state index is 12.7. The van der Waals surface area contributed by atoms with E-state index in [2.05, 4.69) is 26.1 Å². The van der Waals surface area contributed by atoms with Crippen LogP contribution in [0.15, 0.2) is 53.4 Å². The van der Waals surface area contributed by atoms with Gasteiger partial charge in [0.15, 0.2) is 0 Å². The van der Waals surface area contributed by atoms with Crippen molar-refractivity contribution in [3.05, 3.63) is 70.2 Å². The minimum absolute atomic E-state index is 0.0275. The Hall–Kier alpha value is -2.41. The van der Waals surface area contributed by atoms with Crippen molar-refractivity contribution in [1.29, 1.82) is 0 Å². The molecule has 3 aromatic rings. The molecule has 0 spiro atoms.